The van der Waals surface area contributed by atoms with Crippen molar-refractivity contribution >= 4 is 22.4 Å². The summed E-state index contributed by atoms with van der Waals surface area (Å²) < 4.78 is 11.1. The number of ether oxygens (including phenoxy) is 2. The summed E-state index contributed by atoms with van der Waals surface area (Å²) in [5.41, 5.74) is 1.63. The van der Waals surface area contributed by atoms with Crippen LogP contribution in [0.4, 0.5) is 5.13 Å². The number of phenols is 1. The number of hydrogen-bond acceptors (Lipinski definition) is 6. The van der Waals surface area contributed by atoms with Gasteiger partial charge in [-0.25, -0.2) is 4.98 Å². The summed E-state index contributed by atoms with van der Waals surface area (Å²) in [6, 6.07) is 6.77. The SMILES string of the molecule is C[C@@H](OC[C@H]1CCCO1)C(=O)Nc1nc(-c2ccc(O)cc2)cs1. The van der Waals surface area contributed by atoms with Crippen LogP contribution < -0.4 is 5.32 Å². The first-order valence-electron chi connectivity index (χ1n) is 7.91. The number of carbonyl (C=O) groups is 1. The highest BCUT2D eigenvalue weighted by Gasteiger charge is 2.20. The lowest BCUT2D eigenvalue weighted by atomic mass is 10.2. The molecular formula is C17H20N2O4S. The number of amides is 1. The first-order chi connectivity index (χ1) is 11.6. The fourth-order valence-electron chi connectivity index (χ4n) is 2.41. The molecule has 1 fully saturated rings. The molecule has 0 spiro atoms. The molecule has 0 aliphatic carbocycles. The molecule has 1 aromatic carbocycles. The average Bonchev–Trinajstić information content (AvgIpc) is 3.25. The van der Waals surface area contributed by atoms with Crippen LogP contribution >= 0.6 is 11.3 Å². The molecule has 0 saturated carbocycles. The molecule has 1 saturated heterocycles. The van der Waals surface area contributed by atoms with Crippen molar-refractivity contribution in [3.05, 3.63) is 29.6 Å². The summed E-state index contributed by atoms with van der Waals surface area (Å²) in [5, 5.41) is 14.5. The van der Waals surface area contributed by atoms with Crippen molar-refractivity contribution in [3.63, 3.8) is 0 Å². The topological polar surface area (TPSA) is 80.7 Å². The Morgan fingerprint density at radius 3 is 3.00 bits per heavy atom. The van der Waals surface area contributed by atoms with E-state index in [1.54, 1.807) is 31.2 Å². The summed E-state index contributed by atoms with van der Waals surface area (Å²) in [6.07, 6.45) is 1.57. The van der Waals surface area contributed by atoms with E-state index in [9.17, 15) is 9.90 Å². The van der Waals surface area contributed by atoms with Crippen LogP contribution in [0, 0.1) is 0 Å². The summed E-state index contributed by atoms with van der Waals surface area (Å²) in [6.45, 7) is 2.93. The van der Waals surface area contributed by atoms with E-state index in [0.717, 1.165) is 30.7 Å². The maximum atomic E-state index is 12.2. The van der Waals surface area contributed by atoms with Gasteiger partial charge in [-0.2, -0.15) is 0 Å². The van der Waals surface area contributed by atoms with E-state index in [1.807, 2.05) is 5.38 Å². The van der Waals surface area contributed by atoms with Gasteiger partial charge < -0.3 is 14.6 Å². The Morgan fingerprint density at radius 2 is 2.29 bits per heavy atom. The predicted octanol–water partition coefficient (Wildman–Crippen LogP) is 3.04. The van der Waals surface area contributed by atoms with Crippen LogP contribution in [0.15, 0.2) is 29.6 Å². The Hall–Kier alpha value is -1.96. The summed E-state index contributed by atoms with van der Waals surface area (Å²) in [5.74, 6) is -0.0145. The van der Waals surface area contributed by atoms with Crippen LogP contribution in [0.25, 0.3) is 11.3 Å². The molecule has 2 atom stereocenters. The maximum absolute atomic E-state index is 12.2. The molecule has 6 nitrogen and oxygen atoms in total. The second-order valence-electron chi connectivity index (χ2n) is 5.68. The lowest BCUT2D eigenvalue weighted by Gasteiger charge is -2.15. The number of anilines is 1. The number of thiazole rings is 1. The lowest BCUT2D eigenvalue weighted by molar-refractivity contribution is -0.128. The second kappa shape index (κ2) is 7.74. The quantitative estimate of drug-likeness (QED) is 0.839. The van der Waals surface area contributed by atoms with Crippen LogP contribution in [0.2, 0.25) is 0 Å². The molecule has 1 aromatic heterocycles. The average molecular weight is 348 g/mol. The molecule has 0 radical (unpaired) electrons. The first-order valence-corrected chi connectivity index (χ1v) is 8.79. The third-order valence-electron chi connectivity index (χ3n) is 3.82. The van der Waals surface area contributed by atoms with Crippen LogP contribution in [-0.4, -0.2) is 41.4 Å². The number of aromatic hydroxyl groups is 1. The van der Waals surface area contributed by atoms with E-state index in [4.69, 9.17) is 9.47 Å². The zero-order valence-corrected chi connectivity index (χ0v) is 14.2. The predicted molar refractivity (Wildman–Crippen MR) is 92.2 cm³/mol. The van der Waals surface area contributed by atoms with Gasteiger partial charge in [-0.05, 0) is 44.0 Å². The third kappa shape index (κ3) is 4.31. The highest BCUT2D eigenvalue weighted by molar-refractivity contribution is 7.14. The second-order valence-corrected chi connectivity index (χ2v) is 6.54. The molecule has 24 heavy (non-hydrogen) atoms. The number of rotatable bonds is 6. The van der Waals surface area contributed by atoms with E-state index in [-0.39, 0.29) is 17.8 Å². The number of phenolic OH excluding ortho intramolecular Hbond substituents is 1. The van der Waals surface area contributed by atoms with Crippen molar-refractivity contribution in [2.45, 2.75) is 32.0 Å². The van der Waals surface area contributed by atoms with Crippen molar-refractivity contribution in [2.75, 3.05) is 18.5 Å². The molecule has 7 heteroatoms. The van der Waals surface area contributed by atoms with Crippen molar-refractivity contribution in [1.82, 2.24) is 4.98 Å². The van der Waals surface area contributed by atoms with E-state index in [2.05, 4.69) is 10.3 Å². The van der Waals surface area contributed by atoms with Gasteiger partial charge in [0, 0.05) is 17.6 Å². The minimum atomic E-state index is -0.560. The smallest absolute Gasteiger partial charge is 0.254 e. The summed E-state index contributed by atoms with van der Waals surface area (Å²) in [4.78, 5) is 16.6. The van der Waals surface area contributed by atoms with Gasteiger partial charge in [0.15, 0.2) is 5.13 Å². The zero-order chi connectivity index (χ0) is 16.9. The van der Waals surface area contributed by atoms with Gasteiger partial charge in [-0.3, -0.25) is 10.1 Å². The molecule has 3 rings (SSSR count). The van der Waals surface area contributed by atoms with E-state index in [0.29, 0.717) is 11.7 Å². The molecule has 1 amide bonds. The molecular weight excluding hydrogens is 328 g/mol. The van der Waals surface area contributed by atoms with E-state index in [1.165, 1.54) is 11.3 Å². The Kier molecular flexibility index (Phi) is 5.44. The van der Waals surface area contributed by atoms with Crippen molar-refractivity contribution < 1.29 is 19.4 Å². The molecule has 2 aromatic rings. The number of nitrogens with one attached hydrogen (secondary N) is 1. The zero-order valence-electron chi connectivity index (χ0n) is 13.4. The maximum Gasteiger partial charge on any atom is 0.254 e. The Bertz CT molecular complexity index is 680. The summed E-state index contributed by atoms with van der Waals surface area (Å²) in [7, 11) is 0. The van der Waals surface area contributed by atoms with Gasteiger partial charge in [0.1, 0.15) is 11.9 Å². The van der Waals surface area contributed by atoms with Gasteiger partial charge in [-0.15, -0.1) is 11.3 Å². The van der Waals surface area contributed by atoms with Crippen molar-refractivity contribution in [2.24, 2.45) is 0 Å². The minimum absolute atomic E-state index is 0.0983. The number of carbonyl (C=O) groups excluding carboxylic acids is 1. The lowest BCUT2D eigenvalue weighted by Crippen LogP contribution is -2.30. The monoisotopic (exact) mass is 348 g/mol. The largest absolute Gasteiger partial charge is 0.508 e. The Labute approximate surface area is 144 Å². The molecule has 1 aliphatic rings. The fraction of sp³-hybridized carbons (Fsp3) is 0.412. The highest BCUT2D eigenvalue weighted by Crippen LogP contribution is 2.26. The van der Waals surface area contributed by atoms with Gasteiger partial charge in [0.05, 0.1) is 18.4 Å². The van der Waals surface area contributed by atoms with Gasteiger partial charge in [0.2, 0.25) is 0 Å². The van der Waals surface area contributed by atoms with Crippen LogP contribution in [0.1, 0.15) is 19.8 Å². The third-order valence-corrected chi connectivity index (χ3v) is 4.58. The molecule has 0 unspecified atom stereocenters. The Morgan fingerprint density at radius 1 is 1.50 bits per heavy atom. The van der Waals surface area contributed by atoms with Gasteiger partial charge >= 0.3 is 0 Å². The number of nitrogens with zero attached hydrogens (tertiary/aromatic N) is 1. The van der Waals surface area contributed by atoms with Gasteiger partial charge in [-0.1, -0.05) is 0 Å². The summed E-state index contributed by atoms with van der Waals surface area (Å²) >= 11 is 1.35. The molecule has 128 valence electrons. The number of aromatic nitrogens is 1. The first kappa shape index (κ1) is 16.9. The number of hydrogen-bond donors (Lipinski definition) is 2. The normalized spacial score (nSPS) is 18.5. The molecule has 2 heterocycles. The molecule has 0 bridgehead atoms. The Balaban J connectivity index is 1.53. The van der Waals surface area contributed by atoms with Crippen molar-refractivity contribution in [1.29, 1.82) is 0 Å². The van der Waals surface area contributed by atoms with Crippen LogP contribution in [0.3, 0.4) is 0 Å². The van der Waals surface area contributed by atoms with Crippen molar-refractivity contribution in [3.8, 4) is 17.0 Å². The minimum Gasteiger partial charge on any atom is -0.508 e. The van der Waals surface area contributed by atoms with Crippen LogP contribution in [0.5, 0.6) is 5.75 Å². The van der Waals surface area contributed by atoms with E-state index >= 15 is 0 Å². The molecule has 2 N–H and O–H groups in total. The van der Waals surface area contributed by atoms with Crippen LogP contribution in [-0.2, 0) is 14.3 Å². The van der Waals surface area contributed by atoms with Gasteiger partial charge in [0.25, 0.3) is 5.91 Å². The van der Waals surface area contributed by atoms with E-state index < -0.39 is 6.10 Å². The molecule has 1 aliphatic heterocycles. The number of benzene rings is 1. The highest BCUT2D eigenvalue weighted by atomic mass is 32.1. The fourth-order valence-corrected chi connectivity index (χ4v) is 3.13. The standard InChI is InChI=1S/C17H20N2O4S/c1-11(23-9-14-3-2-8-22-14)16(21)19-17-18-15(10-24-17)12-4-6-13(20)7-5-12/h4-7,10-11,14,20H,2-3,8-9H2,1H3,(H,18,19,21)/t11-,14-/m1/s1.